The second kappa shape index (κ2) is 11.7. The predicted molar refractivity (Wildman–Crippen MR) is 203 cm³/mol. The summed E-state index contributed by atoms with van der Waals surface area (Å²) in [6, 6.07) is 21.7. The molecule has 0 unspecified atom stereocenters. The van der Waals surface area contributed by atoms with Crippen molar-refractivity contribution >= 4 is 155 Å². The molecule has 14 heteroatoms. The van der Waals surface area contributed by atoms with Gasteiger partial charge in [-0.1, -0.05) is 64.3 Å². The van der Waals surface area contributed by atoms with Gasteiger partial charge in [0, 0.05) is 27.5 Å². The molecule has 5 aromatic carbocycles. The smallest absolute Gasteiger partial charge is 0.164 e. The highest BCUT2D eigenvalue weighted by Gasteiger charge is 2.21. The molecule has 4 nitrogen and oxygen atoms in total. The number of hydrogen-bond acceptors (Lipinski definition) is 4. The number of rotatable bonds is 4. The summed E-state index contributed by atoms with van der Waals surface area (Å²) in [4.78, 5) is 14.1. The van der Waals surface area contributed by atoms with Gasteiger partial charge in [-0.2, -0.15) is 0 Å². The van der Waals surface area contributed by atoms with Gasteiger partial charge >= 0.3 is 0 Å². The van der Waals surface area contributed by atoms with E-state index >= 15 is 0 Å². The Labute approximate surface area is 285 Å². The molecule has 20 radical (unpaired) electrons. The van der Waals surface area contributed by atoms with E-state index in [1.165, 1.54) is 0 Å². The Kier molecular flexibility index (Phi) is 7.74. The van der Waals surface area contributed by atoms with Crippen LogP contribution >= 0.6 is 0 Å². The lowest BCUT2D eigenvalue weighted by atomic mass is 9.60. The van der Waals surface area contributed by atoms with Crippen LogP contribution in [0.1, 0.15) is 0 Å². The van der Waals surface area contributed by atoms with Crippen molar-refractivity contribution in [3.8, 4) is 45.3 Å². The highest BCUT2D eigenvalue weighted by atomic mass is 16.3. The molecule has 0 saturated heterocycles. The van der Waals surface area contributed by atoms with E-state index in [1.54, 1.807) is 0 Å². The van der Waals surface area contributed by atoms with Crippen LogP contribution < -0.4 is 54.6 Å². The molecule has 2 aromatic heterocycles. The quantitative estimate of drug-likeness (QED) is 0.204. The van der Waals surface area contributed by atoms with E-state index in [9.17, 15) is 0 Å². The number of aromatic nitrogens is 3. The predicted octanol–water partition coefficient (Wildman–Crippen LogP) is -3.62. The van der Waals surface area contributed by atoms with Crippen LogP contribution in [0.2, 0.25) is 0 Å². The molecule has 7 aromatic rings. The van der Waals surface area contributed by atoms with Crippen LogP contribution in [0.5, 0.6) is 0 Å². The number of fused-ring (bicyclic) bond motifs is 3. The van der Waals surface area contributed by atoms with Gasteiger partial charge < -0.3 is 4.42 Å². The zero-order valence-electron chi connectivity index (χ0n) is 24.9. The van der Waals surface area contributed by atoms with Crippen molar-refractivity contribution in [1.82, 2.24) is 15.0 Å². The number of hydrogen-bond donors (Lipinski definition) is 0. The molecular weight excluding hydrogens is 563 g/mol. The maximum absolute atomic E-state index is 6.40. The lowest BCUT2D eigenvalue weighted by Gasteiger charge is -2.22. The zero-order valence-corrected chi connectivity index (χ0v) is 24.9. The Morgan fingerprint density at radius 3 is 1.36 bits per heavy atom. The van der Waals surface area contributed by atoms with Crippen LogP contribution in [0.25, 0.3) is 67.2 Å². The van der Waals surface area contributed by atoms with Crippen LogP contribution in [-0.4, -0.2) is 93.4 Å². The van der Waals surface area contributed by atoms with E-state index in [1.807, 2.05) is 48.5 Å². The van der Waals surface area contributed by atoms with Gasteiger partial charge in [-0.3, -0.25) is 0 Å². The van der Waals surface area contributed by atoms with Gasteiger partial charge in [-0.05, 0) is 35.4 Å². The van der Waals surface area contributed by atoms with Crippen LogP contribution in [-0.2, 0) is 0 Å². The summed E-state index contributed by atoms with van der Waals surface area (Å²) in [6.07, 6.45) is 0. The van der Waals surface area contributed by atoms with E-state index in [-0.39, 0.29) is 83.2 Å². The first-order valence-corrected chi connectivity index (χ1v) is 14.3. The highest BCUT2D eigenvalue weighted by molar-refractivity contribution is 6.69. The monoisotopic (exact) mass is 575 g/mol. The average molecular weight is 574 g/mol. The van der Waals surface area contributed by atoms with Crippen molar-refractivity contribution in [1.29, 1.82) is 0 Å². The van der Waals surface area contributed by atoms with Gasteiger partial charge in [0.25, 0.3) is 0 Å². The molecule has 0 saturated carbocycles. The van der Waals surface area contributed by atoms with Crippen LogP contribution in [0.15, 0.2) is 71.1 Å². The second-order valence-electron chi connectivity index (χ2n) is 11.1. The number of nitrogens with zero attached hydrogens (tertiary/aromatic N) is 3. The average Bonchev–Trinajstić information content (AvgIpc) is 3.46. The largest absolute Gasteiger partial charge is 0.456 e. The third kappa shape index (κ3) is 5.04. The van der Waals surface area contributed by atoms with Gasteiger partial charge in [0.1, 0.15) is 89.6 Å². The van der Waals surface area contributed by atoms with E-state index < -0.39 is 0 Å². The molecule has 47 heavy (non-hydrogen) atoms. The van der Waals surface area contributed by atoms with Crippen molar-refractivity contribution < 1.29 is 4.42 Å². The minimum Gasteiger partial charge on any atom is -0.456 e. The van der Waals surface area contributed by atoms with Crippen molar-refractivity contribution in [2.45, 2.75) is 0 Å². The summed E-state index contributed by atoms with van der Waals surface area (Å²) in [5, 5.41) is 1.85. The maximum Gasteiger partial charge on any atom is 0.164 e. The van der Waals surface area contributed by atoms with Crippen LogP contribution in [0.4, 0.5) is 0 Å². The third-order valence-electron chi connectivity index (χ3n) is 8.32. The molecule has 0 atom stereocenters. The summed E-state index contributed by atoms with van der Waals surface area (Å²) in [5.74, 6) is 0.226. The molecule has 0 aliphatic heterocycles. The first-order valence-electron chi connectivity index (χ1n) is 14.3. The summed E-state index contributed by atoms with van der Waals surface area (Å²) in [5.41, 5.74) is 4.59. The molecule has 0 aliphatic rings. The Morgan fingerprint density at radius 1 is 0.362 bits per heavy atom. The lowest BCUT2D eigenvalue weighted by molar-refractivity contribution is 0.669. The lowest BCUT2D eigenvalue weighted by Crippen LogP contribution is -2.55. The third-order valence-corrected chi connectivity index (χ3v) is 8.32. The zero-order chi connectivity index (χ0) is 33.3. The van der Waals surface area contributed by atoms with Gasteiger partial charge in [-0.15, -0.1) is 32.8 Å². The fourth-order valence-electron chi connectivity index (χ4n) is 5.64. The Balaban J connectivity index is 1.47. The van der Waals surface area contributed by atoms with Gasteiger partial charge in [0.2, 0.25) is 0 Å². The molecule has 0 aliphatic carbocycles. The number of furan rings is 1. The fourth-order valence-corrected chi connectivity index (χ4v) is 5.64. The molecule has 0 amide bonds. The second-order valence-corrected chi connectivity index (χ2v) is 11.1. The molecule has 7 rings (SSSR count). The summed E-state index contributed by atoms with van der Waals surface area (Å²) < 4.78 is 6.26. The SMILES string of the molecule is [B]c1c([B])c([B])c(-c2nc(-c3ccc4c(c3)oc3ccc(-c5ccccc5)cc34)nc(-c3c([B])c([B])c([B])c([B])c3[B])n2)c([B])c1[B]. The molecular formula is C33H11B10N3O. The molecule has 0 fully saturated rings. The number of benzene rings is 5. The Hall–Kier alpha value is -4.44. The van der Waals surface area contributed by atoms with Crippen LogP contribution in [0, 0.1) is 0 Å². The topological polar surface area (TPSA) is 51.8 Å². The van der Waals surface area contributed by atoms with E-state index in [0.29, 0.717) is 11.1 Å². The first-order chi connectivity index (χ1) is 22.5. The minimum absolute atomic E-state index is 0.0170. The molecule has 0 bridgehead atoms. The molecule has 0 N–H and O–H groups in total. The van der Waals surface area contributed by atoms with Crippen molar-refractivity contribution in [2.75, 3.05) is 0 Å². The van der Waals surface area contributed by atoms with Crippen molar-refractivity contribution in [3.63, 3.8) is 0 Å². The van der Waals surface area contributed by atoms with Gasteiger partial charge in [0.05, 0.1) is 0 Å². The molecule has 2 heterocycles. The van der Waals surface area contributed by atoms with Crippen molar-refractivity contribution in [3.05, 3.63) is 66.7 Å². The van der Waals surface area contributed by atoms with E-state index in [0.717, 1.165) is 27.5 Å². The Morgan fingerprint density at radius 2 is 0.830 bits per heavy atom. The standard InChI is InChI=1S/C33H11B10N3O/c34-21-19(22(35)26(39)29(42)25(21)38)32-44-31(45-33(46-32)20-23(36)27(40)30(43)28(41)24(20)37)14-6-8-15-16-10-13(12-4-2-1-3-5-12)7-9-17(16)47-18(15)11-14/h1-11H. The summed E-state index contributed by atoms with van der Waals surface area (Å²) in [6.45, 7) is 0. The molecule has 0 spiro atoms. The van der Waals surface area contributed by atoms with E-state index in [4.69, 9.17) is 92.8 Å². The Bertz CT molecular complexity index is 2280. The normalized spacial score (nSPS) is 11.4. The first kappa shape index (κ1) is 31.2. The van der Waals surface area contributed by atoms with Gasteiger partial charge in [0.15, 0.2) is 17.5 Å². The fraction of sp³-hybridized carbons (Fsp3) is 0. The maximum atomic E-state index is 6.40. The van der Waals surface area contributed by atoms with E-state index in [2.05, 4.69) is 23.2 Å². The van der Waals surface area contributed by atoms with Gasteiger partial charge in [-0.25, -0.2) is 15.0 Å². The van der Waals surface area contributed by atoms with Crippen LogP contribution in [0.3, 0.4) is 0 Å². The van der Waals surface area contributed by atoms with Crippen molar-refractivity contribution in [2.24, 2.45) is 0 Å². The highest BCUT2D eigenvalue weighted by Crippen LogP contribution is 2.34. The summed E-state index contributed by atoms with van der Waals surface area (Å²) >= 11 is 0. The minimum atomic E-state index is 0.0170. The summed E-state index contributed by atoms with van der Waals surface area (Å²) in [7, 11) is 62.4. The molecule has 194 valence electrons.